The fourth-order valence-electron chi connectivity index (χ4n) is 4.01. The largest absolute Gasteiger partial charge is 0.474 e. The zero-order valence-corrected chi connectivity index (χ0v) is 17.0. The van der Waals surface area contributed by atoms with Crippen LogP contribution in [-0.4, -0.2) is 60.1 Å². The zero-order valence-electron chi connectivity index (χ0n) is 17.0. The summed E-state index contributed by atoms with van der Waals surface area (Å²) in [7, 11) is 2.13. The van der Waals surface area contributed by atoms with E-state index in [4.69, 9.17) is 4.74 Å². The van der Waals surface area contributed by atoms with E-state index in [2.05, 4.69) is 32.1 Å². The van der Waals surface area contributed by atoms with Crippen molar-refractivity contribution in [3.05, 3.63) is 42.7 Å². The minimum Gasteiger partial charge on any atom is -0.474 e. The number of hydrogen-bond donors (Lipinski definition) is 1. The van der Waals surface area contributed by atoms with Gasteiger partial charge in [-0.05, 0) is 50.9 Å². The highest BCUT2D eigenvalue weighted by Crippen LogP contribution is 2.24. The molecule has 0 radical (unpaired) electrons. The average Bonchev–Trinajstić information content (AvgIpc) is 2.76. The standard InChI is InChI=1S/C22H29N5O2/c1-26-13-8-19(9-14-26)29-21-15-18(7-11-24-21)25-22(28)17-5-4-12-27(16-17)20-6-2-3-10-23-20/h2-3,6-7,10-11,15,17,19H,4-5,8-9,12-14,16H2,1H3,(H,24,25,28). The Morgan fingerprint density at radius 3 is 2.76 bits per heavy atom. The molecule has 4 heterocycles. The van der Waals surface area contributed by atoms with Crippen LogP contribution in [-0.2, 0) is 4.79 Å². The molecule has 4 rings (SSSR count). The second-order valence-electron chi connectivity index (χ2n) is 7.97. The molecule has 2 saturated heterocycles. The number of amides is 1. The molecule has 1 unspecified atom stereocenters. The van der Waals surface area contributed by atoms with Crippen molar-refractivity contribution >= 4 is 17.4 Å². The molecule has 1 N–H and O–H groups in total. The fraction of sp³-hybridized carbons (Fsp3) is 0.500. The third-order valence-corrected chi connectivity index (χ3v) is 5.72. The lowest BCUT2D eigenvalue weighted by Gasteiger charge is -2.32. The summed E-state index contributed by atoms with van der Waals surface area (Å²) in [4.78, 5) is 26.1. The van der Waals surface area contributed by atoms with Crippen molar-refractivity contribution in [3.63, 3.8) is 0 Å². The monoisotopic (exact) mass is 395 g/mol. The number of nitrogens with zero attached hydrogens (tertiary/aromatic N) is 4. The molecule has 1 amide bonds. The number of ether oxygens (including phenoxy) is 1. The molecule has 2 aromatic heterocycles. The van der Waals surface area contributed by atoms with Gasteiger partial charge < -0.3 is 19.9 Å². The number of likely N-dealkylation sites (tertiary alicyclic amines) is 1. The van der Waals surface area contributed by atoms with E-state index in [1.165, 1.54) is 0 Å². The third-order valence-electron chi connectivity index (χ3n) is 5.72. The van der Waals surface area contributed by atoms with Crippen molar-refractivity contribution in [2.75, 3.05) is 43.4 Å². The van der Waals surface area contributed by atoms with E-state index in [0.29, 0.717) is 12.4 Å². The molecule has 154 valence electrons. The van der Waals surface area contributed by atoms with Crippen LogP contribution in [0.15, 0.2) is 42.7 Å². The molecule has 7 nitrogen and oxygen atoms in total. The molecule has 0 bridgehead atoms. The number of anilines is 2. The van der Waals surface area contributed by atoms with Gasteiger partial charge in [0.1, 0.15) is 11.9 Å². The predicted molar refractivity (Wildman–Crippen MR) is 113 cm³/mol. The van der Waals surface area contributed by atoms with Crippen LogP contribution in [0, 0.1) is 5.92 Å². The maximum Gasteiger partial charge on any atom is 0.229 e. The lowest BCUT2D eigenvalue weighted by Crippen LogP contribution is -2.41. The van der Waals surface area contributed by atoms with Crippen molar-refractivity contribution in [1.82, 2.24) is 14.9 Å². The normalized spacial score (nSPS) is 21.0. The highest BCUT2D eigenvalue weighted by atomic mass is 16.5. The molecular formula is C22H29N5O2. The molecule has 2 aliphatic rings. The molecule has 2 fully saturated rings. The minimum atomic E-state index is -0.0582. The van der Waals surface area contributed by atoms with Crippen LogP contribution in [0.25, 0.3) is 0 Å². The van der Waals surface area contributed by atoms with Gasteiger partial charge in [-0.25, -0.2) is 9.97 Å². The van der Waals surface area contributed by atoms with Crippen LogP contribution in [0.5, 0.6) is 5.88 Å². The summed E-state index contributed by atoms with van der Waals surface area (Å²) in [5, 5.41) is 3.05. The van der Waals surface area contributed by atoms with Crippen LogP contribution < -0.4 is 15.0 Å². The maximum atomic E-state index is 12.9. The summed E-state index contributed by atoms with van der Waals surface area (Å²) in [5.41, 5.74) is 0.739. The highest BCUT2D eigenvalue weighted by molar-refractivity contribution is 5.93. The first-order valence-corrected chi connectivity index (χ1v) is 10.5. The molecule has 1 atom stereocenters. The summed E-state index contributed by atoms with van der Waals surface area (Å²) in [6.45, 7) is 3.70. The lowest BCUT2D eigenvalue weighted by molar-refractivity contribution is -0.120. The van der Waals surface area contributed by atoms with E-state index in [-0.39, 0.29) is 17.9 Å². The van der Waals surface area contributed by atoms with E-state index >= 15 is 0 Å². The SMILES string of the molecule is CN1CCC(Oc2cc(NC(=O)C3CCCN(c4ccccn4)C3)ccn2)CC1. The van der Waals surface area contributed by atoms with Gasteiger partial charge in [0.25, 0.3) is 0 Å². The smallest absolute Gasteiger partial charge is 0.229 e. The van der Waals surface area contributed by atoms with Crippen molar-refractivity contribution in [1.29, 1.82) is 0 Å². The molecule has 7 heteroatoms. The van der Waals surface area contributed by atoms with Crippen LogP contribution in [0.4, 0.5) is 11.5 Å². The predicted octanol–water partition coefficient (Wildman–Crippen LogP) is 2.80. The summed E-state index contributed by atoms with van der Waals surface area (Å²) < 4.78 is 6.04. The molecule has 2 aliphatic heterocycles. The molecule has 0 spiro atoms. The Balaban J connectivity index is 1.34. The van der Waals surface area contributed by atoms with Gasteiger partial charge in [-0.15, -0.1) is 0 Å². The van der Waals surface area contributed by atoms with Crippen LogP contribution in [0.2, 0.25) is 0 Å². The summed E-state index contributed by atoms with van der Waals surface area (Å²) in [6, 6.07) is 9.53. The Bertz CT molecular complexity index is 808. The van der Waals surface area contributed by atoms with Gasteiger partial charge >= 0.3 is 0 Å². The first-order chi connectivity index (χ1) is 14.2. The topological polar surface area (TPSA) is 70.6 Å². The van der Waals surface area contributed by atoms with Crippen LogP contribution in [0.3, 0.4) is 0 Å². The highest BCUT2D eigenvalue weighted by Gasteiger charge is 2.26. The molecule has 2 aromatic rings. The zero-order chi connectivity index (χ0) is 20.1. The third kappa shape index (κ3) is 5.23. The van der Waals surface area contributed by atoms with Gasteiger partial charge in [0.15, 0.2) is 0 Å². The Morgan fingerprint density at radius 2 is 1.97 bits per heavy atom. The van der Waals surface area contributed by atoms with Gasteiger partial charge in [0, 0.05) is 50.3 Å². The number of aromatic nitrogens is 2. The van der Waals surface area contributed by atoms with Gasteiger partial charge in [-0.2, -0.15) is 0 Å². The number of carbonyl (C=O) groups is 1. The average molecular weight is 396 g/mol. The maximum absolute atomic E-state index is 12.9. The number of pyridine rings is 2. The van der Waals surface area contributed by atoms with Gasteiger partial charge in [0.05, 0.1) is 5.92 Å². The molecule has 0 aromatic carbocycles. The van der Waals surface area contributed by atoms with Crippen LogP contribution in [0.1, 0.15) is 25.7 Å². The molecule has 0 saturated carbocycles. The lowest BCUT2D eigenvalue weighted by atomic mass is 9.97. The van der Waals surface area contributed by atoms with Gasteiger partial charge in [-0.1, -0.05) is 6.07 Å². The Morgan fingerprint density at radius 1 is 1.10 bits per heavy atom. The van der Waals surface area contributed by atoms with Gasteiger partial charge in [0.2, 0.25) is 11.8 Å². The van der Waals surface area contributed by atoms with Crippen LogP contribution >= 0.6 is 0 Å². The number of carbonyl (C=O) groups excluding carboxylic acids is 1. The first kappa shape index (κ1) is 19.6. The summed E-state index contributed by atoms with van der Waals surface area (Å²) in [5.74, 6) is 1.50. The van der Waals surface area contributed by atoms with Crippen molar-refractivity contribution in [2.45, 2.75) is 31.8 Å². The van der Waals surface area contributed by atoms with E-state index < -0.39 is 0 Å². The van der Waals surface area contributed by atoms with E-state index in [9.17, 15) is 4.79 Å². The quantitative estimate of drug-likeness (QED) is 0.840. The van der Waals surface area contributed by atoms with E-state index in [0.717, 1.165) is 56.8 Å². The fourth-order valence-corrected chi connectivity index (χ4v) is 4.01. The number of piperidine rings is 2. The van der Waals surface area contributed by atoms with Crippen molar-refractivity contribution in [3.8, 4) is 5.88 Å². The molecular weight excluding hydrogens is 366 g/mol. The second-order valence-corrected chi connectivity index (χ2v) is 7.97. The van der Waals surface area contributed by atoms with E-state index in [1.54, 1.807) is 12.4 Å². The van der Waals surface area contributed by atoms with Crippen molar-refractivity contribution in [2.24, 2.45) is 5.92 Å². The first-order valence-electron chi connectivity index (χ1n) is 10.5. The Hall–Kier alpha value is -2.67. The molecule has 29 heavy (non-hydrogen) atoms. The minimum absolute atomic E-state index is 0.0436. The van der Waals surface area contributed by atoms with Crippen molar-refractivity contribution < 1.29 is 9.53 Å². The number of hydrogen-bond acceptors (Lipinski definition) is 6. The Labute approximate surface area is 172 Å². The Kier molecular flexibility index (Phi) is 6.24. The number of rotatable bonds is 5. The molecule has 0 aliphatic carbocycles. The summed E-state index contributed by atoms with van der Waals surface area (Å²) in [6.07, 6.45) is 7.55. The summed E-state index contributed by atoms with van der Waals surface area (Å²) >= 11 is 0. The number of nitrogens with one attached hydrogen (secondary N) is 1. The van der Waals surface area contributed by atoms with Gasteiger partial charge in [-0.3, -0.25) is 4.79 Å². The second kappa shape index (κ2) is 9.22. The van der Waals surface area contributed by atoms with E-state index in [1.807, 2.05) is 30.3 Å².